The first-order valence-electron chi connectivity index (χ1n) is 7.56. The van der Waals surface area contributed by atoms with Crippen LogP contribution in [0.5, 0.6) is 0 Å². The lowest BCUT2D eigenvalue weighted by Crippen LogP contribution is -2.42. The Kier molecular flexibility index (Phi) is 5.83. The summed E-state index contributed by atoms with van der Waals surface area (Å²) in [6.07, 6.45) is 6.06. The number of carbonyl (C=O) groups excluding carboxylic acids is 1. The maximum absolute atomic E-state index is 12.3. The summed E-state index contributed by atoms with van der Waals surface area (Å²) < 4.78 is 0.728. The van der Waals surface area contributed by atoms with Crippen molar-refractivity contribution < 1.29 is 14.7 Å². The van der Waals surface area contributed by atoms with Crippen LogP contribution in [0.15, 0.2) is 22.7 Å². The van der Waals surface area contributed by atoms with Crippen molar-refractivity contribution >= 4 is 33.5 Å². The van der Waals surface area contributed by atoms with E-state index in [0.29, 0.717) is 23.6 Å². The molecule has 0 aliphatic heterocycles. The number of aliphatic carboxylic acids is 1. The largest absolute Gasteiger partial charge is 0.480 e. The molecule has 120 valence electrons. The third-order valence-corrected chi connectivity index (χ3v) is 4.65. The highest BCUT2D eigenvalue weighted by Crippen LogP contribution is 2.27. The molecule has 0 heterocycles. The lowest BCUT2D eigenvalue weighted by Gasteiger charge is -2.25. The summed E-state index contributed by atoms with van der Waals surface area (Å²) in [7, 11) is 0. The number of carboxylic acid groups (broad SMARTS) is 1. The van der Waals surface area contributed by atoms with E-state index >= 15 is 0 Å². The average molecular weight is 369 g/mol. The van der Waals surface area contributed by atoms with Crippen LogP contribution in [0.3, 0.4) is 0 Å². The molecule has 1 aliphatic carbocycles. The summed E-state index contributed by atoms with van der Waals surface area (Å²) in [4.78, 5) is 23.7. The molecular formula is C16H21BrN2O3. The van der Waals surface area contributed by atoms with Gasteiger partial charge < -0.3 is 16.2 Å². The molecule has 0 aromatic heterocycles. The normalized spacial score (nSPS) is 17.0. The number of nitrogens with one attached hydrogen (secondary N) is 1. The molecule has 1 aromatic carbocycles. The molecule has 1 amide bonds. The number of hydrogen-bond acceptors (Lipinski definition) is 3. The molecule has 5 nitrogen and oxygen atoms in total. The molecule has 1 atom stereocenters. The van der Waals surface area contributed by atoms with E-state index in [-0.39, 0.29) is 0 Å². The highest BCUT2D eigenvalue weighted by molar-refractivity contribution is 9.10. The molecule has 1 saturated carbocycles. The van der Waals surface area contributed by atoms with Crippen LogP contribution in [0.2, 0.25) is 0 Å². The smallest absolute Gasteiger partial charge is 0.326 e. The van der Waals surface area contributed by atoms with Crippen LogP contribution in [-0.4, -0.2) is 23.0 Å². The summed E-state index contributed by atoms with van der Waals surface area (Å²) in [6, 6.07) is 4.09. The molecule has 1 aliphatic rings. The van der Waals surface area contributed by atoms with E-state index in [4.69, 9.17) is 5.73 Å². The summed E-state index contributed by atoms with van der Waals surface area (Å²) in [5.41, 5.74) is 6.43. The Hall–Kier alpha value is -1.56. The molecule has 0 unspecified atom stereocenters. The van der Waals surface area contributed by atoms with Gasteiger partial charge >= 0.3 is 5.97 Å². The van der Waals surface area contributed by atoms with Crippen LogP contribution in [0, 0.1) is 5.92 Å². The van der Waals surface area contributed by atoms with Gasteiger partial charge in [-0.15, -0.1) is 0 Å². The van der Waals surface area contributed by atoms with Crippen LogP contribution < -0.4 is 11.1 Å². The Bertz CT molecular complexity index is 556. The minimum absolute atomic E-state index is 0.296. The van der Waals surface area contributed by atoms with Crippen LogP contribution in [-0.2, 0) is 4.79 Å². The first-order valence-corrected chi connectivity index (χ1v) is 8.35. The van der Waals surface area contributed by atoms with Gasteiger partial charge in [-0.25, -0.2) is 4.79 Å². The number of halogens is 1. The van der Waals surface area contributed by atoms with Gasteiger partial charge in [0.2, 0.25) is 0 Å². The standard InChI is InChI=1S/C16H21BrN2O3/c17-11-6-7-13(18)12(9-11)15(20)19-14(16(21)22)8-10-4-2-1-3-5-10/h6-7,9-10,14H,1-5,8,18H2,(H,19,20)(H,21,22)/t14-/m1/s1. The first-order chi connectivity index (χ1) is 10.5. The fourth-order valence-corrected chi connectivity index (χ4v) is 3.30. The first kappa shape index (κ1) is 16.8. The topological polar surface area (TPSA) is 92.4 Å². The molecule has 0 spiro atoms. The fraction of sp³-hybridized carbons (Fsp3) is 0.500. The van der Waals surface area contributed by atoms with Gasteiger partial charge in [-0.2, -0.15) is 0 Å². The highest BCUT2D eigenvalue weighted by Gasteiger charge is 2.26. The van der Waals surface area contributed by atoms with E-state index in [1.807, 2.05) is 0 Å². The second-order valence-corrected chi connectivity index (χ2v) is 6.75. The van der Waals surface area contributed by atoms with Crippen molar-refractivity contribution in [2.75, 3.05) is 5.73 Å². The van der Waals surface area contributed by atoms with Gasteiger partial charge in [0.1, 0.15) is 6.04 Å². The Morgan fingerprint density at radius 1 is 1.32 bits per heavy atom. The van der Waals surface area contributed by atoms with E-state index in [2.05, 4.69) is 21.2 Å². The third kappa shape index (κ3) is 4.47. The summed E-state index contributed by atoms with van der Waals surface area (Å²) in [5.74, 6) is -1.07. The van der Waals surface area contributed by atoms with Crippen LogP contribution in [0.1, 0.15) is 48.9 Å². The van der Waals surface area contributed by atoms with Gasteiger partial charge in [0.15, 0.2) is 0 Å². The molecule has 22 heavy (non-hydrogen) atoms. The lowest BCUT2D eigenvalue weighted by atomic mass is 9.85. The van der Waals surface area contributed by atoms with Crippen LogP contribution >= 0.6 is 15.9 Å². The zero-order valence-electron chi connectivity index (χ0n) is 12.3. The number of anilines is 1. The van der Waals surface area contributed by atoms with Crippen molar-refractivity contribution in [2.45, 2.75) is 44.6 Å². The van der Waals surface area contributed by atoms with E-state index in [1.165, 1.54) is 6.42 Å². The summed E-state index contributed by atoms with van der Waals surface area (Å²) >= 11 is 3.29. The van der Waals surface area contributed by atoms with Crippen LogP contribution in [0.4, 0.5) is 5.69 Å². The molecule has 2 rings (SSSR count). The second-order valence-electron chi connectivity index (χ2n) is 5.84. The Morgan fingerprint density at radius 3 is 2.64 bits per heavy atom. The van der Waals surface area contributed by atoms with E-state index < -0.39 is 17.9 Å². The summed E-state index contributed by atoms with van der Waals surface area (Å²) in [5, 5.41) is 12.0. The molecule has 4 N–H and O–H groups in total. The lowest BCUT2D eigenvalue weighted by molar-refractivity contribution is -0.139. The zero-order valence-corrected chi connectivity index (χ0v) is 13.9. The number of nitrogens with two attached hydrogens (primary N) is 1. The average Bonchev–Trinajstić information content (AvgIpc) is 2.50. The number of hydrogen-bond donors (Lipinski definition) is 3. The van der Waals surface area contributed by atoms with E-state index in [0.717, 1.165) is 30.2 Å². The molecule has 0 bridgehead atoms. The molecule has 0 radical (unpaired) electrons. The van der Waals surface area contributed by atoms with Gasteiger partial charge in [-0.1, -0.05) is 48.0 Å². The maximum atomic E-state index is 12.3. The minimum Gasteiger partial charge on any atom is -0.480 e. The van der Waals surface area contributed by atoms with Gasteiger partial charge in [0, 0.05) is 10.2 Å². The predicted octanol–water partition coefficient (Wildman–Crippen LogP) is 3.18. The number of carbonyl (C=O) groups is 2. The van der Waals surface area contributed by atoms with Crippen molar-refractivity contribution in [2.24, 2.45) is 5.92 Å². The molecule has 0 saturated heterocycles. The second kappa shape index (κ2) is 7.63. The SMILES string of the molecule is Nc1ccc(Br)cc1C(=O)N[C@H](CC1CCCCC1)C(=O)O. The number of rotatable bonds is 5. The maximum Gasteiger partial charge on any atom is 0.326 e. The van der Waals surface area contributed by atoms with Crippen molar-refractivity contribution in [3.05, 3.63) is 28.2 Å². The Balaban J connectivity index is 2.05. The highest BCUT2D eigenvalue weighted by atomic mass is 79.9. The fourth-order valence-electron chi connectivity index (χ4n) is 2.94. The van der Waals surface area contributed by atoms with Gasteiger partial charge in [-0.05, 0) is 30.5 Å². The minimum atomic E-state index is -0.993. The van der Waals surface area contributed by atoms with Gasteiger partial charge in [0.05, 0.1) is 5.56 Å². The number of carboxylic acids is 1. The quantitative estimate of drug-likeness (QED) is 0.695. The van der Waals surface area contributed by atoms with Crippen molar-refractivity contribution in [3.8, 4) is 0 Å². The monoisotopic (exact) mass is 368 g/mol. The number of benzene rings is 1. The molecule has 1 aromatic rings. The summed E-state index contributed by atoms with van der Waals surface area (Å²) in [6.45, 7) is 0. The number of amides is 1. The molecule has 1 fully saturated rings. The molecular weight excluding hydrogens is 348 g/mol. The third-order valence-electron chi connectivity index (χ3n) is 4.16. The van der Waals surface area contributed by atoms with Gasteiger partial charge in [0.25, 0.3) is 5.91 Å². The van der Waals surface area contributed by atoms with Gasteiger partial charge in [-0.3, -0.25) is 4.79 Å². The molecule has 6 heteroatoms. The van der Waals surface area contributed by atoms with Crippen molar-refractivity contribution in [1.82, 2.24) is 5.32 Å². The van der Waals surface area contributed by atoms with Crippen LogP contribution in [0.25, 0.3) is 0 Å². The van der Waals surface area contributed by atoms with E-state index in [9.17, 15) is 14.7 Å². The Labute approximate surface area is 138 Å². The number of nitrogen functional groups attached to an aromatic ring is 1. The Morgan fingerprint density at radius 2 is 2.00 bits per heavy atom. The predicted molar refractivity (Wildman–Crippen MR) is 88.6 cm³/mol. The van der Waals surface area contributed by atoms with Crippen molar-refractivity contribution in [1.29, 1.82) is 0 Å². The van der Waals surface area contributed by atoms with E-state index in [1.54, 1.807) is 18.2 Å². The van der Waals surface area contributed by atoms with Crippen molar-refractivity contribution in [3.63, 3.8) is 0 Å². The zero-order chi connectivity index (χ0) is 16.1.